The molecule has 0 aromatic heterocycles. The Morgan fingerprint density at radius 1 is 1.50 bits per heavy atom. The second-order valence-corrected chi connectivity index (χ2v) is 4.09. The van der Waals surface area contributed by atoms with Crippen molar-refractivity contribution in [1.29, 1.82) is 0 Å². The predicted octanol–water partition coefficient (Wildman–Crippen LogP) is 2.37. The van der Waals surface area contributed by atoms with E-state index in [0.717, 1.165) is 34.1 Å². The molecule has 74 valence electrons. The Hall–Kier alpha value is -1.16. The van der Waals surface area contributed by atoms with Gasteiger partial charge in [0.2, 0.25) is 0 Å². The third-order valence-corrected chi connectivity index (χ3v) is 3.33. The summed E-state index contributed by atoms with van der Waals surface area (Å²) in [6.07, 6.45) is 0.807. The molecule has 0 saturated heterocycles. The quantitative estimate of drug-likeness (QED) is 0.570. The van der Waals surface area contributed by atoms with Crippen molar-refractivity contribution >= 4 is 17.5 Å². The topological polar surface area (TPSA) is 41.8 Å². The Balaban J connectivity index is 2.55. The number of thioether (sulfide) groups is 1. The fraction of sp³-hybridized carbons (Fsp3) is 0.300. The van der Waals surface area contributed by atoms with Crippen LogP contribution in [0.2, 0.25) is 0 Å². The van der Waals surface area contributed by atoms with Crippen molar-refractivity contribution in [1.82, 2.24) is 0 Å². The van der Waals surface area contributed by atoms with Crippen LogP contribution in [0.3, 0.4) is 0 Å². The minimum absolute atomic E-state index is 0.748. The van der Waals surface area contributed by atoms with Crippen molar-refractivity contribution in [3.8, 4) is 5.75 Å². The zero-order chi connectivity index (χ0) is 9.97. The third kappa shape index (κ3) is 1.46. The number of fused-ring (bicyclic) bond motifs is 1. The summed E-state index contributed by atoms with van der Waals surface area (Å²) in [7, 11) is 1.65. The van der Waals surface area contributed by atoms with Crippen molar-refractivity contribution in [2.45, 2.75) is 11.3 Å². The summed E-state index contributed by atoms with van der Waals surface area (Å²) < 4.78 is 5.25. The summed E-state index contributed by atoms with van der Waals surface area (Å²) >= 11 is 1.74. The van der Waals surface area contributed by atoms with E-state index in [2.05, 4.69) is 5.16 Å². The fourth-order valence-corrected chi connectivity index (χ4v) is 2.68. The van der Waals surface area contributed by atoms with Gasteiger partial charge in [0, 0.05) is 17.7 Å². The maximum Gasteiger partial charge on any atom is 0.133 e. The van der Waals surface area contributed by atoms with Crippen LogP contribution in [-0.4, -0.2) is 23.8 Å². The molecule has 0 saturated carbocycles. The molecule has 1 N–H and O–H groups in total. The van der Waals surface area contributed by atoms with E-state index in [0.29, 0.717) is 0 Å². The molecule has 0 amide bonds. The fourth-order valence-electron chi connectivity index (χ4n) is 1.54. The number of oxime groups is 1. The first-order valence-corrected chi connectivity index (χ1v) is 5.36. The molecule has 1 aliphatic heterocycles. The smallest absolute Gasteiger partial charge is 0.133 e. The number of methoxy groups -OCH3 is 1. The summed E-state index contributed by atoms with van der Waals surface area (Å²) in [5, 5.41) is 12.2. The van der Waals surface area contributed by atoms with Gasteiger partial charge in [-0.25, -0.2) is 0 Å². The van der Waals surface area contributed by atoms with Gasteiger partial charge in [-0.3, -0.25) is 0 Å². The Kier molecular flexibility index (Phi) is 2.63. The molecular weight excluding hydrogens is 198 g/mol. The van der Waals surface area contributed by atoms with Gasteiger partial charge in [0.25, 0.3) is 0 Å². The average molecular weight is 209 g/mol. The maximum atomic E-state index is 8.84. The number of rotatable bonds is 1. The number of hydrogen-bond donors (Lipinski definition) is 1. The number of benzene rings is 1. The molecule has 0 radical (unpaired) electrons. The SMILES string of the molecule is COc1cccc2c1SCC/C2=N/O. The Morgan fingerprint density at radius 2 is 2.36 bits per heavy atom. The molecule has 4 heteroatoms. The van der Waals surface area contributed by atoms with Gasteiger partial charge in [0.15, 0.2) is 0 Å². The molecule has 2 rings (SSSR count). The zero-order valence-electron chi connectivity index (χ0n) is 7.86. The highest BCUT2D eigenvalue weighted by Gasteiger charge is 2.19. The minimum Gasteiger partial charge on any atom is -0.496 e. The largest absolute Gasteiger partial charge is 0.496 e. The van der Waals surface area contributed by atoms with Crippen LogP contribution in [0.15, 0.2) is 28.3 Å². The third-order valence-electron chi connectivity index (χ3n) is 2.22. The second-order valence-electron chi connectivity index (χ2n) is 2.98. The highest BCUT2D eigenvalue weighted by Crippen LogP contribution is 2.37. The lowest BCUT2D eigenvalue weighted by Gasteiger charge is -2.18. The van der Waals surface area contributed by atoms with Crippen molar-refractivity contribution in [3.05, 3.63) is 23.8 Å². The molecule has 0 fully saturated rings. The van der Waals surface area contributed by atoms with E-state index in [4.69, 9.17) is 9.94 Å². The van der Waals surface area contributed by atoms with Crippen LogP contribution < -0.4 is 4.74 Å². The van der Waals surface area contributed by atoms with Crippen LogP contribution in [0.25, 0.3) is 0 Å². The van der Waals surface area contributed by atoms with E-state index < -0.39 is 0 Å². The van der Waals surface area contributed by atoms with Crippen LogP contribution >= 0.6 is 11.8 Å². The van der Waals surface area contributed by atoms with Gasteiger partial charge in [0.1, 0.15) is 5.75 Å². The van der Waals surface area contributed by atoms with Crippen molar-refractivity contribution < 1.29 is 9.94 Å². The lowest BCUT2D eigenvalue weighted by molar-refractivity contribution is 0.318. The summed E-state index contributed by atoms with van der Waals surface area (Å²) in [4.78, 5) is 1.08. The molecule has 0 spiro atoms. The number of nitrogens with zero attached hydrogens (tertiary/aromatic N) is 1. The van der Waals surface area contributed by atoms with Crippen LogP contribution in [-0.2, 0) is 0 Å². The summed E-state index contributed by atoms with van der Waals surface area (Å²) in [6, 6.07) is 5.79. The van der Waals surface area contributed by atoms with E-state index >= 15 is 0 Å². The molecule has 0 aliphatic carbocycles. The first kappa shape index (κ1) is 9.40. The lowest BCUT2D eigenvalue weighted by atomic mass is 10.1. The van der Waals surface area contributed by atoms with Crippen LogP contribution in [0.1, 0.15) is 12.0 Å². The monoisotopic (exact) mass is 209 g/mol. The van der Waals surface area contributed by atoms with Crippen LogP contribution in [0.5, 0.6) is 5.75 Å². The van der Waals surface area contributed by atoms with E-state index in [1.165, 1.54) is 0 Å². The molecule has 0 atom stereocenters. The summed E-state index contributed by atoms with van der Waals surface area (Å²) in [5.41, 5.74) is 1.74. The zero-order valence-corrected chi connectivity index (χ0v) is 8.67. The minimum atomic E-state index is 0.748. The summed E-state index contributed by atoms with van der Waals surface area (Å²) in [6.45, 7) is 0. The van der Waals surface area contributed by atoms with Crippen molar-refractivity contribution in [2.24, 2.45) is 5.16 Å². The van der Waals surface area contributed by atoms with Gasteiger partial charge in [-0.1, -0.05) is 17.3 Å². The van der Waals surface area contributed by atoms with Gasteiger partial charge in [-0.2, -0.15) is 0 Å². The molecule has 0 bridgehead atoms. The van der Waals surface area contributed by atoms with Crippen LogP contribution in [0, 0.1) is 0 Å². The molecule has 1 aromatic rings. The van der Waals surface area contributed by atoms with E-state index in [1.54, 1.807) is 18.9 Å². The summed E-state index contributed by atoms with van der Waals surface area (Å²) in [5.74, 6) is 1.79. The van der Waals surface area contributed by atoms with Gasteiger partial charge >= 0.3 is 0 Å². The van der Waals surface area contributed by atoms with Gasteiger partial charge in [-0.15, -0.1) is 11.8 Å². The predicted molar refractivity (Wildman–Crippen MR) is 56.7 cm³/mol. The molecule has 1 heterocycles. The number of hydrogen-bond acceptors (Lipinski definition) is 4. The normalized spacial score (nSPS) is 17.9. The van der Waals surface area contributed by atoms with Crippen molar-refractivity contribution in [3.63, 3.8) is 0 Å². The Labute approximate surface area is 86.8 Å². The Bertz CT molecular complexity index is 376. The second kappa shape index (κ2) is 3.92. The lowest BCUT2D eigenvalue weighted by Crippen LogP contribution is -2.10. The molecule has 0 unspecified atom stereocenters. The highest BCUT2D eigenvalue weighted by molar-refractivity contribution is 7.99. The van der Waals surface area contributed by atoms with E-state index in [1.807, 2.05) is 18.2 Å². The van der Waals surface area contributed by atoms with E-state index in [-0.39, 0.29) is 0 Å². The molecular formula is C10H11NO2S. The molecule has 1 aromatic carbocycles. The average Bonchev–Trinajstić information content (AvgIpc) is 2.27. The van der Waals surface area contributed by atoms with E-state index in [9.17, 15) is 0 Å². The Morgan fingerprint density at radius 3 is 3.07 bits per heavy atom. The van der Waals surface area contributed by atoms with Gasteiger partial charge in [0.05, 0.1) is 17.7 Å². The standard InChI is InChI=1S/C10H11NO2S/c1-13-9-4-2-3-7-8(11-12)5-6-14-10(7)9/h2-4,12H,5-6H2,1H3/b11-8-. The van der Waals surface area contributed by atoms with Gasteiger partial charge in [-0.05, 0) is 6.07 Å². The highest BCUT2D eigenvalue weighted by atomic mass is 32.2. The molecule has 1 aliphatic rings. The first-order chi connectivity index (χ1) is 6.86. The maximum absolute atomic E-state index is 8.84. The van der Waals surface area contributed by atoms with Crippen molar-refractivity contribution in [2.75, 3.05) is 12.9 Å². The molecule has 3 nitrogen and oxygen atoms in total. The number of ether oxygens (including phenoxy) is 1. The first-order valence-electron chi connectivity index (χ1n) is 4.38. The van der Waals surface area contributed by atoms with Crippen LogP contribution in [0.4, 0.5) is 0 Å². The molecule has 14 heavy (non-hydrogen) atoms. The van der Waals surface area contributed by atoms with Gasteiger partial charge < -0.3 is 9.94 Å².